The summed E-state index contributed by atoms with van der Waals surface area (Å²) in [7, 11) is 0. The Hall–Kier alpha value is -7.21. The summed E-state index contributed by atoms with van der Waals surface area (Å²) in [5, 5.41) is 0. The molecule has 3 heterocycles. The summed E-state index contributed by atoms with van der Waals surface area (Å²) in [5.74, 6) is 1.88. The van der Waals surface area contributed by atoms with Crippen LogP contribution in [0, 0.1) is 0 Å². The van der Waals surface area contributed by atoms with Crippen LogP contribution < -0.4 is 0 Å². The van der Waals surface area contributed by atoms with Crippen molar-refractivity contribution in [1.82, 2.24) is 19.9 Å². The molecule has 0 bridgehead atoms. The lowest BCUT2D eigenvalue weighted by atomic mass is 9.62. The number of hydrogen-bond acceptors (Lipinski definition) is 5. The van der Waals surface area contributed by atoms with Crippen molar-refractivity contribution >= 4 is 23.9 Å². The van der Waals surface area contributed by atoms with Crippen molar-refractivity contribution in [2.75, 3.05) is 0 Å². The van der Waals surface area contributed by atoms with E-state index >= 15 is 0 Å². The van der Waals surface area contributed by atoms with Crippen molar-refractivity contribution < 1.29 is 0 Å². The van der Waals surface area contributed by atoms with Gasteiger partial charge in [0.05, 0.1) is 5.41 Å². The van der Waals surface area contributed by atoms with Gasteiger partial charge in [-0.25, -0.2) is 15.0 Å². The average molecular weight is 799 g/mol. The molecule has 12 rings (SSSR count). The summed E-state index contributed by atoms with van der Waals surface area (Å²) in [4.78, 5) is 22.5. The van der Waals surface area contributed by atoms with Crippen LogP contribution in [0.4, 0.5) is 0 Å². The van der Waals surface area contributed by atoms with E-state index in [1.54, 1.807) is 6.20 Å². The minimum Gasteiger partial charge on any atom is -0.264 e. The Labute approximate surface area is 359 Å². The fraction of sp³-hybridized carbons (Fsp3) is 0.0714. The van der Waals surface area contributed by atoms with Gasteiger partial charge in [-0.15, -0.1) is 0 Å². The predicted molar refractivity (Wildman–Crippen MR) is 248 cm³/mol. The highest BCUT2D eigenvalue weighted by Crippen LogP contribution is 2.61. The highest BCUT2D eigenvalue weighted by molar-refractivity contribution is 7.99. The largest absolute Gasteiger partial charge is 0.264 e. The Balaban J connectivity index is 1.12. The van der Waals surface area contributed by atoms with Crippen molar-refractivity contribution in [3.8, 4) is 56.4 Å². The van der Waals surface area contributed by atoms with Crippen LogP contribution in [0.25, 0.3) is 68.6 Å². The highest BCUT2D eigenvalue weighted by atomic mass is 32.2. The molecule has 7 aromatic carbocycles. The van der Waals surface area contributed by atoms with Gasteiger partial charge in [-0.2, -0.15) is 0 Å². The third-order valence-electron chi connectivity index (χ3n) is 12.9. The maximum Gasteiger partial charge on any atom is 0.164 e. The molecule has 1 aliphatic heterocycles. The number of fused-ring (bicyclic) bond motifs is 11. The van der Waals surface area contributed by atoms with Crippen LogP contribution in [-0.2, 0) is 10.8 Å². The van der Waals surface area contributed by atoms with Gasteiger partial charge in [-0.1, -0.05) is 177 Å². The van der Waals surface area contributed by atoms with Gasteiger partial charge in [0.1, 0.15) is 0 Å². The van der Waals surface area contributed by atoms with Crippen LogP contribution in [0.5, 0.6) is 0 Å². The highest BCUT2D eigenvalue weighted by Gasteiger charge is 2.49. The zero-order valence-corrected chi connectivity index (χ0v) is 34.5. The third kappa shape index (κ3) is 5.47. The molecule has 0 fully saturated rings. The number of rotatable bonds is 4. The second kappa shape index (κ2) is 13.7. The molecule has 9 aromatic rings. The number of pyridine rings is 1. The van der Waals surface area contributed by atoms with E-state index in [1.807, 2.05) is 42.2 Å². The molecule has 0 saturated heterocycles. The van der Waals surface area contributed by atoms with Crippen LogP contribution in [0.1, 0.15) is 58.4 Å². The lowest BCUT2D eigenvalue weighted by Gasteiger charge is -2.43. The fourth-order valence-corrected chi connectivity index (χ4v) is 11.2. The SMILES string of the molecule is CC1(C)c2ccccc2-c2cc3c(cc21)Sc1ccccc1C31c2ccccc2C=Cc2ccc(-c3nc(-c4ccccc4)nc(-c4ccc(-c5cccnc5)cc4)n3)cc21. The lowest BCUT2D eigenvalue weighted by molar-refractivity contribution is 0.652. The van der Waals surface area contributed by atoms with Crippen molar-refractivity contribution in [2.24, 2.45) is 0 Å². The summed E-state index contributed by atoms with van der Waals surface area (Å²) in [6.45, 7) is 4.74. The van der Waals surface area contributed by atoms with Crippen molar-refractivity contribution in [3.63, 3.8) is 0 Å². The second-order valence-corrected chi connectivity index (χ2v) is 17.7. The molecule has 4 nitrogen and oxygen atoms in total. The maximum absolute atomic E-state index is 5.27. The monoisotopic (exact) mass is 798 g/mol. The molecule has 288 valence electrons. The van der Waals surface area contributed by atoms with Gasteiger partial charge in [-0.3, -0.25) is 4.98 Å². The Morgan fingerprint density at radius 2 is 1.00 bits per heavy atom. The normalized spacial score (nSPS) is 16.1. The van der Waals surface area contributed by atoms with Gasteiger partial charge in [0.2, 0.25) is 0 Å². The Morgan fingerprint density at radius 3 is 1.77 bits per heavy atom. The Kier molecular flexibility index (Phi) is 8.00. The lowest BCUT2D eigenvalue weighted by Crippen LogP contribution is -2.35. The Bertz CT molecular complexity index is 3250. The topological polar surface area (TPSA) is 51.6 Å². The van der Waals surface area contributed by atoms with E-state index in [9.17, 15) is 0 Å². The van der Waals surface area contributed by atoms with E-state index in [0.29, 0.717) is 17.5 Å². The molecule has 0 N–H and O–H groups in total. The molecule has 3 aliphatic rings. The average Bonchev–Trinajstić information content (AvgIpc) is 3.44. The van der Waals surface area contributed by atoms with E-state index in [4.69, 9.17) is 15.0 Å². The van der Waals surface area contributed by atoms with Crippen LogP contribution in [0.15, 0.2) is 192 Å². The van der Waals surface area contributed by atoms with E-state index in [-0.39, 0.29) is 5.41 Å². The first kappa shape index (κ1) is 35.7. The molecule has 1 atom stereocenters. The summed E-state index contributed by atoms with van der Waals surface area (Å²) < 4.78 is 0. The molecule has 1 unspecified atom stereocenters. The number of benzene rings is 7. The molecule has 5 heteroatoms. The van der Waals surface area contributed by atoms with Crippen molar-refractivity contribution in [1.29, 1.82) is 0 Å². The molecule has 0 amide bonds. The van der Waals surface area contributed by atoms with Gasteiger partial charge in [0.15, 0.2) is 17.5 Å². The summed E-state index contributed by atoms with van der Waals surface area (Å²) >= 11 is 1.89. The van der Waals surface area contributed by atoms with Gasteiger partial charge in [0, 0.05) is 44.3 Å². The summed E-state index contributed by atoms with van der Waals surface area (Å²) in [6, 6.07) is 61.4. The Morgan fingerprint density at radius 1 is 0.393 bits per heavy atom. The van der Waals surface area contributed by atoms with E-state index in [1.165, 1.54) is 59.9 Å². The smallest absolute Gasteiger partial charge is 0.164 e. The third-order valence-corrected chi connectivity index (χ3v) is 14.1. The number of nitrogens with zero attached hydrogens (tertiary/aromatic N) is 4. The minimum atomic E-state index is -0.653. The molecule has 61 heavy (non-hydrogen) atoms. The second-order valence-electron chi connectivity index (χ2n) is 16.6. The summed E-state index contributed by atoms with van der Waals surface area (Å²) in [6.07, 6.45) is 8.27. The van der Waals surface area contributed by atoms with Crippen LogP contribution >= 0.6 is 11.8 Å². The quantitative estimate of drug-likeness (QED) is 0.177. The standard InChI is InChI=1S/C56H38N4S/c1-55(2)45-19-9-7-17-42(45)43-32-49-51(33-48(43)55)61-50-21-11-10-20-46(50)56(49)44-18-8-6-13-36(44)24-25-37-26-29-40(31-47(37)56)54-59-52(38-14-4-3-5-15-38)58-53(60-54)39-27-22-35(23-28-39)41-16-12-30-57-34-41/h3-34H,1-2H3. The first-order valence-electron chi connectivity index (χ1n) is 20.8. The van der Waals surface area contributed by atoms with E-state index in [2.05, 4.69) is 177 Å². The molecule has 0 saturated carbocycles. The first-order chi connectivity index (χ1) is 30.0. The van der Waals surface area contributed by atoms with Gasteiger partial charge < -0.3 is 0 Å². The number of hydrogen-bond donors (Lipinski definition) is 0. The fourth-order valence-electron chi connectivity index (χ4n) is 9.98. The molecule has 2 aliphatic carbocycles. The van der Waals surface area contributed by atoms with E-state index in [0.717, 1.165) is 33.4 Å². The van der Waals surface area contributed by atoms with Crippen molar-refractivity contribution in [3.05, 3.63) is 227 Å². The molecular weight excluding hydrogens is 761 g/mol. The molecule has 0 radical (unpaired) electrons. The van der Waals surface area contributed by atoms with Gasteiger partial charge in [0.25, 0.3) is 0 Å². The first-order valence-corrected chi connectivity index (χ1v) is 21.6. The molecule has 2 aromatic heterocycles. The maximum atomic E-state index is 5.27. The van der Waals surface area contributed by atoms with Crippen molar-refractivity contribution in [2.45, 2.75) is 34.5 Å². The van der Waals surface area contributed by atoms with Crippen LogP contribution in [-0.4, -0.2) is 19.9 Å². The molecular formula is C56H38N4S. The summed E-state index contributed by atoms with van der Waals surface area (Å²) in [5.41, 5.74) is 17.0. The van der Waals surface area contributed by atoms with Gasteiger partial charge >= 0.3 is 0 Å². The zero-order valence-electron chi connectivity index (χ0n) is 33.7. The number of aromatic nitrogens is 4. The molecule has 1 spiro atoms. The predicted octanol–water partition coefficient (Wildman–Crippen LogP) is 13.6. The zero-order chi connectivity index (χ0) is 40.7. The van der Waals surface area contributed by atoms with E-state index < -0.39 is 5.41 Å². The minimum absolute atomic E-state index is 0.119. The van der Waals surface area contributed by atoms with Gasteiger partial charge in [-0.05, 0) is 97.1 Å². The van der Waals surface area contributed by atoms with Crippen LogP contribution in [0.2, 0.25) is 0 Å². The van der Waals surface area contributed by atoms with Crippen LogP contribution in [0.3, 0.4) is 0 Å².